The molecule has 0 heterocycles. The molecule has 0 saturated heterocycles. The summed E-state index contributed by atoms with van der Waals surface area (Å²) in [5, 5.41) is 2.74. The number of aryl methyl sites for hydroxylation is 2. The van der Waals surface area contributed by atoms with Crippen LogP contribution in [0.3, 0.4) is 0 Å². The van der Waals surface area contributed by atoms with Crippen LogP contribution in [-0.4, -0.2) is 34.0 Å². The number of anilines is 1. The summed E-state index contributed by atoms with van der Waals surface area (Å²) in [5.74, 6) is 0.303. The largest absolute Gasteiger partial charge is 0.492 e. The topological polar surface area (TPSA) is 75.7 Å². The summed E-state index contributed by atoms with van der Waals surface area (Å²) in [4.78, 5) is 12.8. The predicted octanol–water partition coefficient (Wildman–Crippen LogP) is 3.69. The summed E-state index contributed by atoms with van der Waals surface area (Å²) < 4.78 is 33.5. The van der Waals surface area contributed by atoms with Crippen molar-refractivity contribution in [1.82, 2.24) is 5.32 Å². The zero-order valence-electron chi connectivity index (χ0n) is 17.6. The Kier molecular flexibility index (Phi) is 7.31. The standard InChI is InChI=1S/C24H26N2O4S/c1-19-13-14-20(2)23(17-19)26(31(28,29)22-11-7-4-8-12-22)18-24(27)25-15-16-30-21-9-5-3-6-10-21/h3-14,17H,15-16,18H2,1-2H3,(H,25,27). The van der Waals surface area contributed by atoms with Gasteiger partial charge in [-0.2, -0.15) is 0 Å². The van der Waals surface area contributed by atoms with Crippen LogP contribution in [0.15, 0.2) is 83.8 Å². The molecule has 1 amide bonds. The normalized spacial score (nSPS) is 11.0. The Morgan fingerprint density at radius 2 is 1.58 bits per heavy atom. The van der Waals surface area contributed by atoms with Gasteiger partial charge in [-0.25, -0.2) is 8.42 Å². The van der Waals surface area contributed by atoms with Crippen LogP contribution >= 0.6 is 0 Å². The van der Waals surface area contributed by atoms with Gasteiger partial charge in [0, 0.05) is 0 Å². The van der Waals surface area contributed by atoms with Crippen molar-refractivity contribution in [2.45, 2.75) is 18.7 Å². The van der Waals surface area contributed by atoms with Crippen LogP contribution in [0.5, 0.6) is 5.75 Å². The Morgan fingerprint density at radius 3 is 2.26 bits per heavy atom. The van der Waals surface area contributed by atoms with E-state index in [0.717, 1.165) is 15.4 Å². The Hall–Kier alpha value is -3.32. The van der Waals surface area contributed by atoms with Crippen LogP contribution < -0.4 is 14.4 Å². The Bertz CT molecular complexity index is 1120. The highest BCUT2D eigenvalue weighted by Crippen LogP contribution is 2.27. The lowest BCUT2D eigenvalue weighted by molar-refractivity contribution is -0.119. The lowest BCUT2D eigenvalue weighted by Gasteiger charge is -2.26. The number of hydrogen-bond acceptors (Lipinski definition) is 4. The minimum absolute atomic E-state index is 0.135. The molecule has 0 atom stereocenters. The minimum Gasteiger partial charge on any atom is -0.492 e. The predicted molar refractivity (Wildman–Crippen MR) is 122 cm³/mol. The summed E-state index contributed by atoms with van der Waals surface area (Å²) in [7, 11) is -3.92. The van der Waals surface area contributed by atoms with Gasteiger partial charge in [-0.3, -0.25) is 9.10 Å². The van der Waals surface area contributed by atoms with Gasteiger partial charge in [-0.05, 0) is 55.3 Å². The number of benzene rings is 3. The van der Waals surface area contributed by atoms with Crippen LogP contribution in [0, 0.1) is 13.8 Å². The number of carbonyl (C=O) groups is 1. The van der Waals surface area contributed by atoms with Crippen molar-refractivity contribution in [3.8, 4) is 5.75 Å². The maximum atomic E-state index is 13.4. The third kappa shape index (κ3) is 5.86. The molecular weight excluding hydrogens is 412 g/mol. The van der Waals surface area contributed by atoms with E-state index in [1.807, 2.05) is 56.3 Å². The van der Waals surface area contributed by atoms with E-state index in [9.17, 15) is 13.2 Å². The summed E-state index contributed by atoms with van der Waals surface area (Å²) in [6, 6.07) is 23.0. The van der Waals surface area contributed by atoms with Gasteiger partial charge in [0.15, 0.2) is 0 Å². The monoisotopic (exact) mass is 438 g/mol. The quantitative estimate of drug-likeness (QED) is 0.517. The van der Waals surface area contributed by atoms with E-state index in [-0.39, 0.29) is 24.6 Å². The fourth-order valence-electron chi connectivity index (χ4n) is 3.07. The Labute approximate surface area is 183 Å². The molecule has 3 aromatic carbocycles. The SMILES string of the molecule is Cc1ccc(C)c(N(CC(=O)NCCOc2ccccc2)S(=O)(=O)c2ccccc2)c1. The molecule has 1 N–H and O–H groups in total. The molecule has 0 unspecified atom stereocenters. The maximum absolute atomic E-state index is 13.4. The van der Waals surface area contributed by atoms with Gasteiger partial charge in [0.05, 0.1) is 17.1 Å². The Balaban J connectivity index is 1.75. The van der Waals surface area contributed by atoms with Crippen LogP contribution in [0.4, 0.5) is 5.69 Å². The molecule has 6 nitrogen and oxygen atoms in total. The number of nitrogens with one attached hydrogen (secondary N) is 1. The second-order valence-electron chi connectivity index (χ2n) is 7.13. The molecule has 0 aliphatic carbocycles. The average molecular weight is 439 g/mol. The molecule has 0 saturated carbocycles. The molecule has 0 aliphatic rings. The smallest absolute Gasteiger partial charge is 0.264 e. The van der Waals surface area contributed by atoms with Gasteiger partial charge < -0.3 is 10.1 Å². The van der Waals surface area contributed by atoms with Crippen LogP contribution in [0.2, 0.25) is 0 Å². The molecular formula is C24H26N2O4S. The number of carbonyl (C=O) groups excluding carboxylic acids is 1. The second-order valence-corrected chi connectivity index (χ2v) is 8.99. The molecule has 7 heteroatoms. The van der Waals surface area contributed by atoms with Crippen molar-refractivity contribution >= 4 is 21.6 Å². The first-order valence-electron chi connectivity index (χ1n) is 9.97. The van der Waals surface area contributed by atoms with E-state index >= 15 is 0 Å². The van der Waals surface area contributed by atoms with Gasteiger partial charge in [-0.15, -0.1) is 0 Å². The highest BCUT2D eigenvalue weighted by molar-refractivity contribution is 7.92. The van der Waals surface area contributed by atoms with Crippen molar-refractivity contribution in [2.24, 2.45) is 0 Å². The maximum Gasteiger partial charge on any atom is 0.264 e. The first kappa shape index (κ1) is 22.4. The van der Waals surface area contributed by atoms with E-state index in [2.05, 4.69) is 5.32 Å². The number of amides is 1. The molecule has 0 aromatic heterocycles. The van der Waals surface area contributed by atoms with E-state index in [1.54, 1.807) is 24.3 Å². The second kappa shape index (κ2) is 10.1. The highest BCUT2D eigenvalue weighted by Gasteiger charge is 2.28. The van der Waals surface area contributed by atoms with E-state index in [4.69, 9.17) is 4.74 Å². The molecule has 0 bridgehead atoms. The average Bonchev–Trinajstić information content (AvgIpc) is 2.78. The van der Waals surface area contributed by atoms with Crippen LogP contribution in [-0.2, 0) is 14.8 Å². The first-order chi connectivity index (χ1) is 14.9. The third-order valence-corrected chi connectivity index (χ3v) is 6.46. The highest BCUT2D eigenvalue weighted by atomic mass is 32.2. The van der Waals surface area contributed by atoms with Crippen LogP contribution in [0.25, 0.3) is 0 Å². The molecule has 0 fully saturated rings. The summed E-state index contributed by atoms with van der Waals surface area (Å²) in [6.45, 7) is 3.93. The number of sulfonamides is 1. The fourth-order valence-corrected chi connectivity index (χ4v) is 4.57. The van der Waals surface area contributed by atoms with Gasteiger partial charge in [-0.1, -0.05) is 48.5 Å². The molecule has 0 aliphatic heterocycles. The third-order valence-electron chi connectivity index (χ3n) is 4.69. The summed E-state index contributed by atoms with van der Waals surface area (Å²) in [5.41, 5.74) is 2.16. The van der Waals surface area contributed by atoms with E-state index in [0.29, 0.717) is 11.4 Å². The van der Waals surface area contributed by atoms with Crippen molar-refractivity contribution in [2.75, 3.05) is 24.0 Å². The number of ether oxygens (including phenoxy) is 1. The number of nitrogens with zero attached hydrogens (tertiary/aromatic N) is 1. The van der Waals surface area contributed by atoms with Gasteiger partial charge >= 0.3 is 0 Å². The van der Waals surface area contributed by atoms with Crippen molar-refractivity contribution in [3.63, 3.8) is 0 Å². The molecule has 31 heavy (non-hydrogen) atoms. The number of rotatable bonds is 9. The molecule has 0 spiro atoms. The summed E-state index contributed by atoms with van der Waals surface area (Å²) in [6.07, 6.45) is 0. The Morgan fingerprint density at radius 1 is 0.935 bits per heavy atom. The lowest BCUT2D eigenvalue weighted by atomic mass is 10.1. The van der Waals surface area contributed by atoms with Crippen molar-refractivity contribution in [1.29, 1.82) is 0 Å². The van der Waals surface area contributed by atoms with Crippen molar-refractivity contribution < 1.29 is 17.9 Å². The fraction of sp³-hybridized carbons (Fsp3) is 0.208. The molecule has 0 radical (unpaired) electrons. The van der Waals surface area contributed by atoms with Gasteiger partial charge in [0.1, 0.15) is 18.9 Å². The van der Waals surface area contributed by atoms with Gasteiger partial charge in [0.2, 0.25) is 5.91 Å². The number of para-hydroxylation sites is 1. The molecule has 162 valence electrons. The van der Waals surface area contributed by atoms with Crippen LogP contribution in [0.1, 0.15) is 11.1 Å². The van der Waals surface area contributed by atoms with Gasteiger partial charge in [0.25, 0.3) is 10.0 Å². The first-order valence-corrected chi connectivity index (χ1v) is 11.4. The molecule has 3 rings (SSSR count). The van der Waals surface area contributed by atoms with E-state index < -0.39 is 15.9 Å². The van der Waals surface area contributed by atoms with Crippen molar-refractivity contribution in [3.05, 3.63) is 90.0 Å². The molecule has 3 aromatic rings. The zero-order chi connectivity index (χ0) is 22.3. The van der Waals surface area contributed by atoms with E-state index in [1.165, 1.54) is 12.1 Å². The minimum atomic E-state index is -3.92. The number of hydrogen-bond donors (Lipinski definition) is 1. The summed E-state index contributed by atoms with van der Waals surface area (Å²) >= 11 is 0. The lowest BCUT2D eigenvalue weighted by Crippen LogP contribution is -2.42. The zero-order valence-corrected chi connectivity index (χ0v) is 18.4.